The number of halogens is 1. The molecule has 3 aromatic rings. The van der Waals surface area contributed by atoms with Gasteiger partial charge in [-0.15, -0.1) is 0 Å². The van der Waals surface area contributed by atoms with Crippen LogP contribution in [0.15, 0.2) is 48.7 Å². The average molecular weight is 465 g/mol. The number of likely N-dealkylation sites (tertiary alicyclic amines) is 1. The number of pyridine rings is 1. The third-order valence-electron chi connectivity index (χ3n) is 6.69. The molecule has 170 valence electrons. The first-order valence-electron chi connectivity index (χ1n) is 11.2. The summed E-state index contributed by atoms with van der Waals surface area (Å²) in [5.74, 6) is 0.312. The predicted molar refractivity (Wildman–Crippen MR) is 126 cm³/mol. The summed E-state index contributed by atoms with van der Waals surface area (Å²) in [7, 11) is 0. The van der Waals surface area contributed by atoms with Crippen LogP contribution < -0.4 is 4.74 Å². The molecular weight excluding hydrogens is 440 g/mol. The molecule has 0 bridgehead atoms. The van der Waals surface area contributed by atoms with E-state index < -0.39 is 5.97 Å². The fourth-order valence-electron chi connectivity index (χ4n) is 4.79. The Labute approximate surface area is 197 Å². The number of aryl methyl sites for hydroxylation is 1. The van der Waals surface area contributed by atoms with Crippen LogP contribution in [0.1, 0.15) is 31.7 Å². The number of hydrogen-bond acceptors (Lipinski definition) is 5. The van der Waals surface area contributed by atoms with Crippen molar-refractivity contribution in [3.8, 4) is 16.9 Å². The van der Waals surface area contributed by atoms with Gasteiger partial charge in [-0.05, 0) is 42.2 Å². The highest BCUT2D eigenvalue weighted by molar-refractivity contribution is 6.37. The number of nitrogens with zero attached hydrogens (tertiary/aromatic N) is 2. The number of amides is 1. The van der Waals surface area contributed by atoms with Crippen LogP contribution in [-0.2, 0) is 20.7 Å². The second kappa shape index (κ2) is 8.67. The van der Waals surface area contributed by atoms with Gasteiger partial charge in [-0.3, -0.25) is 14.6 Å². The highest BCUT2D eigenvalue weighted by atomic mass is 35.5. The molecule has 33 heavy (non-hydrogen) atoms. The molecule has 5 rings (SSSR count). The summed E-state index contributed by atoms with van der Waals surface area (Å²) in [6.07, 6.45) is 5.11. The Morgan fingerprint density at radius 3 is 2.76 bits per heavy atom. The number of rotatable bonds is 3. The minimum atomic E-state index is -0.440. The number of carbonyl (C=O) groups is 2. The lowest BCUT2D eigenvalue weighted by atomic mass is 9.82. The highest BCUT2D eigenvalue weighted by Gasteiger charge is 2.40. The second-order valence-electron chi connectivity index (χ2n) is 8.77. The van der Waals surface area contributed by atoms with Gasteiger partial charge in [-0.25, -0.2) is 0 Å². The van der Waals surface area contributed by atoms with Crippen LogP contribution in [0.25, 0.3) is 22.0 Å². The molecule has 2 aromatic carbocycles. The minimum Gasteiger partial charge on any atom is -0.487 e. The first kappa shape index (κ1) is 21.7. The lowest BCUT2D eigenvalue weighted by Gasteiger charge is -2.44. The second-order valence-corrected chi connectivity index (χ2v) is 9.15. The standard InChI is InChI=1S/C26H25ClN2O4/c1-17(30)32-16-23(31)29-13-10-26(11-14-29)9-8-20-15-19(5-7-22(20)33-26)21-6-4-18-3-2-12-28-25(18)24(21)27/h2-7,12,15H,8-11,13-14,16H2,1H3. The van der Waals surface area contributed by atoms with Gasteiger partial charge < -0.3 is 14.4 Å². The molecule has 2 aliphatic heterocycles. The van der Waals surface area contributed by atoms with Gasteiger partial charge in [0.25, 0.3) is 5.91 Å². The summed E-state index contributed by atoms with van der Waals surface area (Å²) in [5.41, 5.74) is 3.74. The zero-order chi connectivity index (χ0) is 23.0. The molecule has 0 aliphatic carbocycles. The maximum Gasteiger partial charge on any atom is 0.303 e. The van der Waals surface area contributed by atoms with E-state index >= 15 is 0 Å². The largest absolute Gasteiger partial charge is 0.487 e. The van der Waals surface area contributed by atoms with Crippen molar-refractivity contribution in [3.63, 3.8) is 0 Å². The Kier molecular flexibility index (Phi) is 5.71. The highest BCUT2D eigenvalue weighted by Crippen LogP contribution is 2.42. The van der Waals surface area contributed by atoms with Gasteiger partial charge >= 0.3 is 5.97 Å². The smallest absolute Gasteiger partial charge is 0.303 e. The van der Waals surface area contributed by atoms with Crippen molar-refractivity contribution in [1.82, 2.24) is 9.88 Å². The average Bonchev–Trinajstić information content (AvgIpc) is 2.83. The topological polar surface area (TPSA) is 68.7 Å². The number of ether oxygens (including phenoxy) is 2. The number of hydrogen-bond donors (Lipinski definition) is 0. The van der Waals surface area contributed by atoms with Gasteiger partial charge in [-0.2, -0.15) is 0 Å². The van der Waals surface area contributed by atoms with E-state index in [0.29, 0.717) is 18.1 Å². The maximum absolute atomic E-state index is 12.2. The van der Waals surface area contributed by atoms with Crippen LogP contribution in [0, 0.1) is 0 Å². The Hall–Kier alpha value is -3.12. The SMILES string of the molecule is CC(=O)OCC(=O)N1CCC2(CCc3cc(-c4ccc5cccnc5c4Cl)ccc3O2)CC1. The van der Waals surface area contributed by atoms with Crippen molar-refractivity contribution in [3.05, 3.63) is 59.2 Å². The number of aromatic nitrogens is 1. The molecule has 3 heterocycles. The van der Waals surface area contributed by atoms with E-state index in [4.69, 9.17) is 21.1 Å². The van der Waals surface area contributed by atoms with Crippen LogP contribution in [-0.4, -0.2) is 47.1 Å². The van der Waals surface area contributed by atoms with Gasteiger partial charge in [0, 0.05) is 50.0 Å². The van der Waals surface area contributed by atoms with Crippen LogP contribution >= 0.6 is 11.6 Å². The quantitative estimate of drug-likeness (QED) is 0.520. The molecule has 2 aliphatic rings. The molecule has 1 aromatic heterocycles. The summed E-state index contributed by atoms with van der Waals surface area (Å²) < 4.78 is 11.4. The fourth-order valence-corrected chi connectivity index (χ4v) is 5.12. The normalized spacial score (nSPS) is 16.8. The molecule has 1 spiro atoms. The van der Waals surface area contributed by atoms with Crippen LogP contribution in [0.4, 0.5) is 0 Å². The fraction of sp³-hybridized carbons (Fsp3) is 0.346. The minimum absolute atomic E-state index is 0.150. The summed E-state index contributed by atoms with van der Waals surface area (Å²) in [6.45, 7) is 2.32. The predicted octanol–water partition coefficient (Wildman–Crippen LogP) is 4.80. The van der Waals surface area contributed by atoms with Gasteiger partial charge in [0.05, 0.1) is 10.5 Å². The molecule has 0 atom stereocenters. The third kappa shape index (κ3) is 4.27. The summed E-state index contributed by atoms with van der Waals surface area (Å²) in [4.78, 5) is 29.4. The monoisotopic (exact) mass is 464 g/mol. The summed E-state index contributed by atoms with van der Waals surface area (Å²) in [6, 6.07) is 14.2. The molecule has 0 saturated carbocycles. The molecular formula is C26H25ClN2O4. The first-order valence-corrected chi connectivity index (χ1v) is 11.6. The lowest BCUT2D eigenvalue weighted by molar-refractivity contribution is -0.152. The first-order chi connectivity index (χ1) is 15.9. The molecule has 6 nitrogen and oxygen atoms in total. The van der Waals surface area contributed by atoms with E-state index in [1.54, 1.807) is 11.1 Å². The number of fused-ring (bicyclic) bond motifs is 2. The van der Waals surface area contributed by atoms with E-state index in [-0.39, 0.29) is 18.1 Å². The Balaban J connectivity index is 1.30. The molecule has 1 fully saturated rings. The molecule has 1 saturated heterocycles. The molecule has 0 radical (unpaired) electrons. The molecule has 0 unspecified atom stereocenters. The van der Waals surface area contributed by atoms with Crippen molar-refractivity contribution in [2.75, 3.05) is 19.7 Å². The van der Waals surface area contributed by atoms with Crippen molar-refractivity contribution in [2.45, 2.75) is 38.2 Å². The number of carbonyl (C=O) groups excluding carboxylic acids is 2. The zero-order valence-electron chi connectivity index (χ0n) is 18.5. The van der Waals surface area contributed by atoms with Gasteiger partial charge in [0.2, 0.25) is 0 Å². The lowest BCUT2D eigenvalue weighted by Crippen LogP contribution is -2.51. The maximum atomic E-state index is 12.2. The summed E-state index contributed by atoms with van der Waals surface area (Å²) >= 11 is 6.70. The van der Waals surface area contributed by atoms with Crippen molar-refractivity contribution >= 4 is 34.4 Å². The molecule has 7 heteroatoms. The summed E-state index contributed by atoms with van der Waals surface area (Å²) in [5, 5.41) is 1.68. The number of benzene rings is 2. The van der Waals surface area contributed by atoms with Crippen molar-refractivity contribution in [1.29, 1.82) is 0 Å². The van der Waals surface area contributed by atoms with Gasteiger partial charge in [0.15, 0.2) is 6.61 Å². The Morgan fingerprint density at radius 2 is 1.97 bits per heavy atom. The Morgan fingerprint density at radius 1 is 1.15 bits per heavy atom. The van der Waals surface area contributed by atoms with Crippen LogP contribution in [0.2, 0.25) is 5.02 Å². The van der Waals surface area contributed by atoms with Crippen LogP contribution in [0.5, 0.6) is 5.75 Å². The molecule has 0 N–H and O–H groups in total. The van der Waals surface area contributed by atoms with Crippen molar-refractivity contribution in [2.24, 2.45) is 0 Å². The van der Waals surface area contributed by atoms with E-state index in [1.165, 1.54) is 12.5 Å². The number of esters is 1. The number of piperidine rings is 1. The van der Waals surface area contributed by atoms with E-state index in [0.717, 1.165) is 53.5 Å². The Bertz CT molecular complexity index is 1230. The van der Waals surface area contributed by atoms with Gasteiger partial charge in [-0.1, -0.05) is 35.9 Å². The molecule has 1 amide bonds. The van der Waals surface area contributed by atoms with Crippen molar-refractivity contribution < 1.29 is 19.1 Å². The third-order valence-corrected chi connectivity index (χ3v) is 7.07. The van der Waals surface area contributed by atoms with E-state index in [9.17, 15) is 9.59 Å². The zero-order valence-corrected chi connectivity index (χ0v) is 19.2. The van der Waals surface area contributed by atoms with E-state index in [2.05, 4.69) is 11.1 Å². The van der Waals surface area contributed by atoms with E-state index in [1.807, 2.05) is 36.4 Å². The van der Waals surface area contributed by atoms with Gasteiger partial charge in [0.1, 0.15) is 11.4 Å². The van der Waals surface area contributed by atoms with Crippen LogP contribution in [0.3, 0.4) is 0 Å².